The van der Waals surface area contributed by atoms with Crippen molar-refractivity contribution in [2.45, 2.75) is 13.0 Å². The van der Waals surface area contributed by atoms with Crippen molar-refractivity contribution in [1.82, 2.24) is 5.32 Å². The van der Waals surface area contributed by atoms with Crippen LogP contribution in [0, 0.1) is 0 Å². The standard InChI is InChI=1S/C19H16BrNOS/c1-12(23)21-19(14-6-9-15(20)10-7-14)18-16-5-3-2-4-13(16)8-11-17(18)22/h2-11,19,22H,1H3,(H,21,23). The van der Waals surface area contributed by atoms with Crippen LogP contribution >= 0.6 is 28.1 Å². The van der Waals surface area contributed by atoms with Crippen molar-refractivity contribution >= 4 is 43.9 Å². The van der Waals surface area contributed by atoms with Gasteiger partial charge >= 0.3 is 0 Å². The summed E-state index contributed by atoms with van der Waals surface area (Å²) in [7, 11) is 0. The number of phenols is 1. The van der Waals surface area contributed by atoms with Crippen molar-refractivity contribution in [2.24, 2.45) is 0 Å². The molecule has 3 aromatic rings. The Hall–Kier alpha value is -1.91. The molecule has 0 aliphatic rings. The molecule has 2 nitrogen and oxygen atoms in total. The molecule has 0 heterocycles. The zero-order valence-corrected chi connectivity index (χ0v) is 15.0. The number of nitrogens with one attached hydrogen (secondary N) is 1. The smallest absolute Gasteiger partial charge is 0.121 e. The fourth-order valence-electron chi connectivity index (χ4n) is 2.77. The summed E-state index contributed by atoms with van der Waals surface area (Å²) in [6, 6.07) is 19.5. The van der Waals surface area contributed by atoms with Crippen LogP contribution in [0.3, 0.4) is 0 Å². The van der Waals surface area contributed by atoms with Crippen molar-refractivity contribution in [3.05, 3.63) is 76.3 Å². The lowest BCUT2D eigenvalue weighted by molar-refractivity contribution is 0.464. The van der Waals surface area contributed by atoms with E-state index in [-0.39, 0.29) is 11.8 Å². The Morgan fingerprint density at radius 2 is 1.74 bits per heavy atom. The number of halogens is 1. The molecule has 0 bridgehead atoms. The number of phenolic OH excluding ortho intramolecular Hbond substituents is 1. The van der Waals surface area contributed by atoms with Gasteiger partial charge in [-0.15, -0.1) is 0 Å². The fraction of sp³-hybridized carbons (Fsp3) is 0.105. The summed E-state index contributed by atoms with van der Waals surface area (Å²) < 4.78 is 1.02. The minimum atomic E-state index is -0.202. The van der Waals surface area contributed by atoms with Gasteiger partial charge in [-0.25, -0.2) is 0 Å². The zero-order valence-electron chi connectivity index (χ0n) is 12.6. The Morgan fingerprint density at radius 1 is 1.04 bits per heavy atom. The first kappa shape index (κ1) is 16.0. The summed E-state index contributed by atoms with van der Waals surface area (Å²) in [6.07, 6.45) is 0. The third-order valence-electron chi connectivity index (χ3n) is 3.79. The van der Waals surface area contributed by atoms with Crippen molar-refractivity contribution < 1.29 is 5.11 Å². The number of fused-ring (bicyclic) bond motifs is 1. The molecular formula is C19H16BrNOS. The molecule has 0 spiro atoms. The van der Waals surface area contributed by atoms with E-state index in [9.17, 15) is 5.11 Å². The topological polar surface area (TPSA) is 32.3 Å². The fourth-order valence-corrected chi connectivity index (χ4v) is 3.15. The third-order valence-corrected chi connectivity index (χ3v) is 4.43. The Kier molecular flexibility index (Phi) is 4.64. The molecule has 1 atom stereocenters. The zero-order chi connectivity index (χ0) is 16.4. The number of aromatic hydroxyl groups is 1. The van der Waals surface area contributed by atoms with E-state index < -0.39 is 0 Å². The van der Waals surface area contributed by atoms with Crippen LogP contribution in [-0.4, -0.2) is 10.1 Å². The van der Waals surface area contributed by atoms with Gasteiger partial charge in [-0.2, -0.15) is 0 Å². The van der Waals surface area contributed by atoms with Gasteiger partial charge in [0.15, 0.2) is 0 Å². The van der Waals surface area contributed by atoms with Gasteiger partial charge < -0.3 is 10.4 Å². The highest BCUT2D eigenvalue weighted by atomic mass is 79.9. The van der Waals surface area contributed by atoms with Crippen molar-refractivity contribution in [3.8, 4) is 5.75 Å². The van der Waals surface area contributed by atoms with Crippen molar-refractivity contribution in [1.29, 1.82) is 0 Å². The predicted molar refractivity (Wildman–Crippen MR) is 103 cm³/mol. The average Bonchev–Trinajstić information content (AvgIpc) is 2.54. The van der Waals surface area contributed by atoms with E-state index in [0.717, 1.165) is 26.4 Å². The molecule has 0 radical (unpaired) electrons. The molecular weight excluding hydrogens is 370 g/mol. The first-order valence-corrected chi connectivity index (χ1v) is 8.49. The van der Waals surface area contributed by atoms with Crippen molar-refractivity contribution in [2.75, 3.05) is 0 Å². The van der Waals surface area contributed by atoms with Crippen LogP contribution < -0.4 is 5.32 Å². The van der Waals surface area contributed by atoms with Gasteiger partial charge in [-0.05, 0) is 41.5 Å². The number of hydrogen-bond acceptors (Lipinski definition) is 2. The Bertz CT molecular complexity index is 861. The molecule has 2 N–H and O–H groups in total. The Labute approximate surface area is 149 Å². The first-order chi connectivity index (χ1) is 11.1. The van der Waals surface area contributed by atoms with E-state index in [1.165, 1.54) is 0 Å². The van der Waals surface area contributed by atoms with Gasteiger partial charge in [0.25, 0.3) is 0 Å². The largest absolute Gasteiger partial charge is 0.508 e. The summed E-state index contributed by atoms with van der Waals surface area (Å²) >= 11 is 8.72. The summed E-state index contributed by atoms with van der Waals surface area (Å²) in [5.41, 5.74) is 1.89. The van der Waals surface area contributed by atoms with Gasteiger partial charge in [0.2, 0.25) is 0 Å². The third kappa shape index (κ3) is 3.38. The lowest BCUT2D eigenvalue weighted by Crippen LogP contribution is -2.26. The van der Waals surface area contributed by atoms with E-state index in [0.29, 0.717) is 4.99 Å². The molecule has 0 aliphatic carbocycles. The SMILES string of the molecule is CC(=S)NC(c1ccc(Br)cc1)c1c(O)ccc2ccccc12. The second-order valence-corrected chi connectivity index (χ2v) is 6.93. The molecule has 0 amide bonds. The van der Waals surface area contributed by atoms with Crippen LogP contribution in [0.1, 0.15) is 24.1 Å². The highest BCUT2D eigenvalue weighted by Crippen LogP contribution is 2.36. The second kappa shape index (κ2) is 6.69. The summed E-state index contributed by atoms with van der Waals surface area (Å²) in [6.45, 7) is 1.85. The second-order valence-electron chi connectivity index (χ2n) is 5.40. The van der Waals surface area contributed by atoms with Crippen LogP contribution in [0.4, 0.5) is 0 Å². The van der Waals surface area contributed by atoms with E-state index in [1.807, 2.05) is 61.5 Å². The molecule has 3 aromatic carbocycles. The maximum Gasteiger partial charge on any atom is 0.121 e. The van der Waals surface area contributed by atoms with Gasteiger partial charge in [0.1, 0.15) is 5.75 Å². The molecule has 23 heavy (non-hydrogen) atoms. The number of thiocarbonyl (C=S) groups is 1. The molecule has 4 heteroatoms. The number of rotatable bonds is 3. The highest BCUT2D eigenvalue weighted by molar-refractivity contribution is 9.10. The van der Waals surface area contributed by atoms with Crippen molar-refractivity contribution in [3.63, 3.8) is 0 Å². The van der Waals surface area contributed by atoms with E-state index in [2.05, 4.69) is 21.2 Å². The first-order valence-electron chi connectivity index (χ1n) is 7.29. The maximum absolute atomic E-state index is 10.5. The monoisotopic (exact) mass is 385 g/mol. The van der Waals surface area contributed by atoms with E-state index in [1.54, 1.807) is 6.07 Å². The quantitative estimate of drug-likeness (QED) is 0.597. The lowest BCUT2D eigenvalue weighted by Gasteiger charge is -2.23. The minimum absolute atomic E-state index is 0.202. The Morgan fingerprint density at radius 3 is 2.43 bits per heavy atom. The Balaban J connectivity index is 2.22. The molecule has 0 aromatic heterocycles. The molecule has 0 saturated heterocycles. The van der Waals surface area contributed by atoms with Crippen LogP contribution in [0.5, 0.6) is 5.75 Å². The molecule has 3 rings (SSSR count). The predicted octanol–water partition coefficient (Wildman–Crippen LogP) is 5.33. The highest BCUT2D eigenvalue weighted by Gasteiger charge is 2.20. The molecule has 0 aliphatic heterocycles. The molecule has 0 saturated carbocycles. The van der Waals surface area contributed by atoms with Gasteiger partial charge in [0, 0.05) is 10.0 Å². The average molecular weight is 386 g/mol. The van der Waals surface area contributed by atoms with Gasteiger partial charge in [-0.3, -0.25) is 0 Å². The van der Waals surface area contributed by atoms with Crippen LogP contribution in [0.2, 0.25) is 0 Å². The summed E-state index contributed by atoms with van der Waals surface area (Å²) in [5, 5.41) is 15.9. The normalized spacial score (nSPS) is 12.1. The van der Waals surface area contributed by atoms with E-state index in [4.69, 9.17) is 12.2 Å². The summed E-state index contributed by atoms with van der Waals surface area (Å²) in [5.74, 6) is 0.264. The van der Waals surface area contributed by atoms with Crippen LogP contribution in [0.15, 0.2) is 65.1 Å². The summed E-state index contributed by atoms with van der Waals surface area (Å²) in [4.78, 5) is 0.685. The van der Waals surface area contributed by atoms with Crippen LogP contribution in [-0.2, 0) is 0 Å². The number of benzene rings is 3. The van der Waals surface area contributed by atoms with E-state index >= 15 is 0 Å². The number of hydrogen-bond donors (Lipinski definition) is 2. The lowest BCUT2D eigenvalue weighted by atomic mass is 9.93. The maximum atomic E-state index is 10.5. The van der Waals surface area contributed by atoms with Crippen LogP contribution in [0.25, 0.3) is 10.8 Å². The molecule has 116 valence electrons. The minimum Gasteiger partial charge on any atom is -0.508 e. The molecule has 1 unspecified atom stereocenters. The van der Waals surface area contributed by atoms with Gasteiger partial charge in [-0.1, -0.05) is 70.6 Å². The molecule has 0 fully saturated rings. The van der Waals surface area contributed by atoms with Gasteiger partial charge in [0.05, 0.1) is 11.0 Å².